The summed E-state index contributed by atoms with van der Waals surface area (Å²) >= 11 is 0. The molecule has 0 bridgehead atoms. The van der Waals surface area contributed by atoms with E-state index in [4.69, 9.17) is 4.74 Å². The molecule has 1 aromatic carbocycles. The Hall–Kier alpha value is -2.76. The second-order valence-corrected chi connectivity index (χ2v) is 7.37. The molecule has 1 unspecified atom stereocenters. The monoisotopic (exact) mass is 365 g/mol. The lowest BCUT2D eigenvalue weighted by Gasteiger charge is -2.41. The fraction of sp³-hybridized carbons (Fsp3) is 0.429. The summed E-state index contributed by atoms with van der Waals surface area (Å²) in [6.07, 6.45) is 5.17. The minimum absolute atomic E-state index is 0.476. The zero-order valence-electron chi connectivity index (χ0n) is 16.3. The molecule has 1 saturated heterocycles. The number of nitrogens with zero attached hydrogens (tertiary/aromatic N) is 4. The Bertz CT molecular complexity index is 846. The molecule has 2 aromatic rings. The lowest BCUT2D eigenvalue weighted by molar-refractivity contribution is 0.185. The SMILES string of the molecule is CC1=C(N2CCCCC2)N(c2cc(C)[nH]n2)C(Oc2ccc(C)cc2)N=C1. The van der Waals surface area contributed by atoms with Crippen molar-refractivity contribution in [1.29, 1.82) is 0 Å². The molecule has 1 atom stereocenters. The molecule has 0 spiro atoms. The van der Waals surface area contributed by atoms with Gasteiger partial charge in [-0.15, -0.1) is 0 Å². The number of piperidine rings is 1. The molecule has 1 N–H and O–H groups in total. The van der Waals surface area contributed by atoms with Gasteiger partial charge in [0, 0.05) is 36.6 Å². The van der Waals surface area contributed by atoms with E-state index < -0.39 is 6.35 Å². The number of aromatic amines is 1. The number of anilines is 1. The van der Waals surface area contributed by atoms with Gasteiger partial charge in [-0.05, 0) is 52.2 Å². The van der Waals surface area contributed by atoms with E-state index in [-0.39, 0.29) is 0 Å². The van der Waals surface area contributed by atoms with Crippen LogP contribution in [0.1, 0.15) is 37.4 Å². The lowest BCUT2D eigenvalue weighted by Crippen LogP contribution is -2.48. The third-order valence-electron chi connectivity index (χ3n) is 5.05. The van der Waals surface area contributed by atoms with E-state index in [0.717, 1.165) is 41.7 Å². The molecule has 27 heavy (non-hydrogen) atoms. The topological polar surface area (TPSA) is 56.8 Å². The molecule has 0 saturated carbocycles. The van der Waals surface area contributed by atoms with E-state index in [1.54, 1.807) is 0 Å². The summed E-state index contributed by atoms with van der Waals surface area (Å²) in [5, 5.41) is 7.57. The molecule has 2 aliphatic rings. The highest BCUT2D eigenvalue weighted by atomic mass is 16.5. The van der Waals surface area contributed by atoms with E-state index in [0.29, 0.717) is 0 Å². The van der Waals surface area contributed by atoms with Crippen LogP contribution in [0.4, 0.5) is 5.82 Å². The molecule has 2 aliphatic heterocycles. The number of aliphatic imine (C=N–C) groups is 1. The van der Waals surface area contributed by atoms with Crippen LogP contribution in [0.3, 0.4) is 0 Å². The fourth-order valence-corrected chi connectivity index (χ4v) is 3.67. The second kappa shape index (κ2) is 7.47. The van der Waals surface area contributed by atoms with Gasteiger partial charge in [-0.25, -0.2) is 4.99 Å². The molecule has 6 heteroatoms. The van der Waals surface area contributed by atoms with Gasteiger partial charge >= 0.3 is 0 Å². The summed E-state index contributed by atoms with van der Waals surface area (Å²) in [6.45, 7) is 8.30. The standard InChI is InChI=1S/C21H27N5O/c1-15-7-9-18(10-8-15)27-21-22-14-16(2)20(25-11-5-4-6-12-25)26(21)19-13-17(3)23-24-19/h7-10,13-14,21H,4-6,11-12H2,1-3H3,(H,23,24). The van der Waals surface area contributed by atoms with Gasteiger partial charge in [0.1, 0.15) is 11.6 Å². The zero-order chi connectivity index (χ0) is 18.8. The third kappa shape index (κ3) is 3.70. The smallest absolute Gasteiger partial charge is 0.277 e. The molecular weight excluding hydrogens is 338 g/mol. The quantitative estimate of drug-likeness (QED) is 0.890. The molecule has 1 aromatic heterocycles. The predicted molar refractivity (Wildman–Crippen MR) is 108 cm³/mol. The number of hydrogen-bond donors (Lipinski definition) is 1. The summed E-state index contributed by atoms with van der Waals surface area (Å²) in [6, 6.07) is 10.1. The first-order chi connectivity index (χ1) is 13.1. The van der Waals surface area contributed by atoms with Gasteiger partial charge in [-0.3, -0.25) is 10.00 Å². The Morgan fingerprint density at radius 2 is 1.78 bits per heavy atom. The predicted octanol–water partition coefficient (Wildman–Crippen LogP) is 4.00. The maximum atomic E-state index is 6.27. The highest BCUT2D eigenvalue weighted by Crippen LogP contribution is 2.31. The first-order valence-electron chi connectivity index (χ1n) is 9.65. The normalized spacial score (nSPS) is 20.3. The van der Waals surface area contributed by atoms with Crippen LogP contribution in [-0.4, -0.2) is 40.8 Å². The number of ether oxygens (including phenoxy) is 1. The van der Waals surface area contributed by atoms with E-state index in [1.807, 2.05) is 31.3 Å². The van der Waals surface area contributed by atoms with E-state index in [1.165, 1.54) is 24.8 Å². The van der Waals surface area contributed by atoms with Crippen molar-refractivity contribution >= 4 is 12.0 Å². The van der Waals surface area contributed by atoms with E-state index in [2.05, 4.69) is 51.0 Å². The van der Waals surface area contributed by atoms with Crippen LogP contribution in [0.15, 0.2) is 46.7 Å². The maximum absolute atomic E-state index is 6.27. The molecule has 6 nitrogen and oxygen atoms in total. The van der Waals surface area contributed by atoms with Crippen molar-refractivity contribution in [2.45, 2.75) is 46.4 Å². The molecule has 142 valence electrons. The zero-order valence-corrected chi connectivity index (χ0v) is 16.3. The summed E-state index contributed by atoms with van der Waals surface area (Å²) in [7, 11) is 0. The number of benzene rings is 1. The number of rotatable bonds is 4. The van der Waals surface area contributed by atoms with Crippen molar-refractivity contribution in [3.63, 3.8) is 0 Å². The van der Waals surface area contributed by atoms with Crippen LogP contribution in [0.2, 0.25) is 0 Å². The molecule has 4 rings (SSSR count). The highest BCUT2D eigenvalue weighted by molar-refractivity contribution is 5.82. The summed E-state index contributed by atoms with van der Waals surface area (Å²) < 4.78 is 6.27. The molecule has 0 amide bonds. The largest absolute Gasteiger partial charge is 0.450 e. The van der Waals surface area contributed by atoms with E-state index in [9.17, 15) is 0 Å². The highest BCUT2D eigenvalue weighted by Gasteiger charge is 2.33. The number of hydrogen-bond acceptors (Lipinski definition) is 5. The molecular formula is C21H27N5O. The van der Waals surface area contributed by atoms with Crippen molar-refractivity contribution in [3.8, 4) is 5.75 Å². The van der Waals surface area contributed by atoms with E-state index >= 15 is 0 Å². The van der Waals surface area contributed by atoms with Crippen molar-refractivity contribution in [2.24, 2.45) is 4.99 Å². The number of aromatic nitrogens is 2. The average molecular weight is 365 g/mol. The number of allylic oxidation sites excluding steroid dienone is 1. The lowest BCUT2D eigenvalue weighted by atomic mass is 10.1. The second-order valence-electron chi connectivity index (χ2n) is 7.37. The van der Waals surface area contributed by atoms with Gasteiger partial charge in [0.25, 0.3) is 6.35 Å². The number of aryl methyl sites for hydroxylation is 2. The van der Waals surface area contributed by atoms with Gasteiger partial charge < -0.3 is 9.64 Å². The van der Waals surface area contributed by atoms with Crippen LogP contribution >= 0.6 is 0 Å². The minimum atomic E-state index is -0.476. The average Bonchev–Trinajstić information content (AvgIpc) is 3.11. The maximum Gasteiger partial charge on any atom is 0.277 e. The van der Waals surface area contributed by atoms with Crippen LogP contribution in [0, 0.1) is 13.8 Å². The van der Waals surface area contributed by atoms with Gasteiger partial charge in [-0.1, -0.05) is 17.7 Å². The Morgan fingerprint density at radius 3 is 2.44 bits per heavy atom. The van der Waals surface area contributed by atoms with Crippen molar-refractivity contribution in [2.75, 3.05) is 18.0 Å². The van der Waals surface area contributed by atoms with Gasteiger partial charge in [0.05, 0.1) is 0 Å². The first-order valence-corrected chi connectivity index (χ1v) is 9.65. The summed E-state index contributed by atoms with van der Waals surface area (Å²) in [5.74, 6) is 2.78. The molecule has 1 fully saturated rings. The van der Waals surface area contributed by atoms with Crippen LogP contribution < -0.4 is 9.64 Å². The van der Waals surface area contributed by atoms with Gasteiger partial charge in [-0.2, -0.15) is 5.10 Å². The van der Waals surface area contributed by atoms with Crippen LogP contribution in [0.25, 0.3) is 0 Å². The Kier molecular flexibility index (Phi) is 4.88. The van der Waals surface area contributed by atoms with Gasteiger partial charge in [0.2, 0.25) is 0 Å². The van der Waals surface area contributed by atoms with Crippen LogP contribution in [0.5, 0.6) is 5.75 Å². The molecule has 0 radical (unpaired) electrons. The fourth-order valence-electron chi connectivity index (χ4n) is 3.67. The summed E-state index contributed by atoms with van der Waals surface area (Å²) in [4.78, 5) is 9.24. The van der Waals surface area contributed by atoms with Crippen molar-refractivity contribution in [1.82, 2.24) is 15.1 Å². The Balaban J connectivity index is 1.69. The number of likely N-dealkylation sites (tertiary alicyclic amines) is 1. The Morgan fingerprint density at radius 1 is 1.04 bits per heavy atom. The third-order valence-corrected chi connectivity index (χ3v) is 5.05. The summed E-state index contributed by atoms with van der Waals surface area (Å²) in [5.41, 5.74) is 3.37. The van der Waals surface area contributed by atoms with Crippen LogP contribution in [-0.2, 0) is 0 Å². The molecule has 0 aliphatic carbocycles. The minimum Gasteiger partial charge on any atom is -0.450 e. The number of H-pyrrole nitrogens is 1. The molecule has 3 heterocycles. The van der Waals surface area contributed by atoms with Gasteiger partial charge in [0.15, 0.2) is 5.82 Å². The first kappa shape index (κ1) is 17.6. The van der Waals surface area contributed by atoms with Crippen molar-refractivity contribution < 1.29 is 4.74 Å². The Labute approximate surface area is 160 Å². The van der Waals surface area contributed by atoms with Crippen molar-refractivity contribution in [3.05, 3.63) is 53.0 Å². The number of nitrogens with one attached hydrogen (secondary N) is 1.